The van der Waals surface area contributed by atoms with E-state index >= 15 is 0 Å². The fraction of sp³-hybridized carbons (Fsp3) is 0.500. The fourth-order valence-corrected chi connectivity index (χ4v) is 2.30. The van der Waals surface area contributed by atoms with E-state index in [1.165, 1.54) is 0 Å². The Morgan fingerprint density at radius 2 is 2.00 bits per heavy atom. The van der Waals surface area contributed by atoms with Crippen molar-refractivity contribution in [3.63, 3.8) is 0 Å². The Bertz CT molecular complexity index is 513. The van der Waals surface area contributed by atoms with Gasteiger partial charge in [-0.15, -0.1) is 0 Å². The molecule has 0 spiro atoms. The van der Waals surface area contributed by atoms with Crippen LogP contribution < -0.4 is 5.32 Å². The summed E-state index contributed by atoms with van der Waals surface area (Å²) in [5, 5.41) is 3.14. The zero-order valence-electron chi connectivity index (χ0n) is 12.8. The van der Waals surface area contributed by atoms with Gasteiger partial charge in [0.1, 0.15) is 0 Å². The summed E-state index contributed by atoms with van der Waals surface area (Å²) in [5.41, 5.74) is 1.18. The number of hydrogen-bond donors (Lipinski definition) is 1. The van der Waals surface area contributed by atoms with Crippen LogP contribution in [0.1, 0.15) is 23.7 Å². The zero-order valence-corrected chi connectivity index (χ0v) is 12.8. The molecule has 0 aromatic heterocycles. The minimum Gasteiger partial charge on any atom is -0.462 e. The summed E-state index contributed by atoms with van der Waals surface area (Å²) in [5.74, 6) is -0.255. The Balaban J connectivity index is 1.86. The first kappa shape index (κ1) is 16.3. The molecule has 6 nitrogen and oxygen atoms in total. The lowest BCUT2D eigenvalue weighted by molar-refractivity contribution is -0.134. The highest BCUT2D eigenvalue weighted by molar-refractivity contribution is 5.95. The topological polar surface area (TPSA) is 67.9 Å². The molecule has 0 radical (unpaired) electrons. The molecular weight excluding hydrogens is 284 g/mol. The molecule has 0 aliphatic carbocycles. The van der Waals surface area contributed by atoms with E-state index in [9.17, 15) is 9.59 Å². The van der Waals surface area contributed by atoms with E-state index in [1.54, 1.807) is 19.1 Å². The average molecular weight is 306 g/mol. The van der Waals surface area contributed by atoms with Gasteiger partial charge in [-0.05, 0) is 19.1 Å². The summed E-state index contributed by atoms with van der Waals surface area (Å²) >= 11 is 0. The third-order valence-electron chi connectivity index (χ3n) is 3.44. The van der Waals surface area contributed by atoms with Crippen LogP contribution in [0.2, 0.25) is 0 Å². The summed E-state index contributed by atoms with van der Waals surface area (Å²) in [4.78, 5) is 25.7. The van der Waals surface area contributed by atoms with Crippen molar-refractivity contribution in [2.24, 2.45) is 0 Å². The number of esters is 1. The predicted molar refractivity (Wildman–Crippen MR) is 82.9 cm³/mol. The second-order valence-electron chi connectivity index (χ2n) is 4.94. The first-order valence-electron chi connectivity index (χ1n) is 7.58. The molecule has 1 saturated heterocycles. The summed E-state index contributed by atoms with van der Waals surface area (Å²) < 4.78 is 10.3. The maximum Gasteiger partial charge on any atom is 0.340 e. The van der Waals surface area contributed by atoms with Crippen LogP contribution >= 0.6 is 0 Å². The number of morpholine rings is 1. The predicted octanol–water partition coefficient (Wildman–Crippen LogP) is 1.52. The smallest absolute Gasteiger partial charge is 0.340 e. The van der Waals surface area contributed by atoms with E-state index in [0.717, 1.165) is 0 Å². The molecule has 2 rings (SSSR count). The monoisotopic (exact) mass is 306 g/mol. The number of hydrogen-bond acceptors (Lipinski definition) is 5. The molecule has 1 aromatic carbocycles. The highest BCUT2D eigenvalue weighted by Gasteiger charge is 2.17. The number of amides is 1. The average Bonchev–Trinajstić information content (AvgIpc) is 2.56. The minimum absolute atomic E-state index is 0.101. The molecule has 1 aliphatic rings. The van der Waals surface area contributed by atoms with Crippen molar-refractivity contribution in [3.8, 4) is 0 Å². The van der Waals surface area contributed by atoms with E-state index in [0.29, 0.717) is 57.1 Å². The van der Waals surface area contributed by atoms with E-state index < -0.39 is 0 Å². The Labute approximate surface area is 130 Å². The Hall–Kier alpha value is -2.08. The number of benzene rings is 1. The van der Waals surface area contributed by atoms with Crippen molar-refractivity contribution in [3.05, 3.63) is 29.8 Å². The van der Waals surface area contributed by atoms with Crippen molar-refractivity contribution >= 4 is 17.6 Å². The van der Waals surface area contributed by atoms with Crippen LogP contribution in [-0.4, -0.2) is 56.2 Å². The van der Waals surface area contributed by atoms with Gasteiger partial charge < -0.3 is 19.7 Å². The lowest BCUT2D eigenvalue weighted by Gasteiger charge is -2.27. The number of nitrogens with one attached hydrogen (secondary N) is 1. The van der Waals surface area contributed by atoms with Crippen LogP contribution in [0.5, 0.6) is 0 Å². The van der Waals surface area contributed by atoms with E-state index in [1.807, 2.05) is 17.0 Å². The van der Waals surface area contributed by atoms with Gasteiger partial charge in [-0.3, -0.25) is 4.79 Å². The van der Waals surface area contributed by atoms with Crippen LogP contribution in [-0.2, 0) is 14.3 Å². The molecule has 1 N–H and O–H groups in total. The highest BCUT2D eigenvalue weighted by atomic mass is 16.5. The van der Waals surface area contributed by atoms with Crippen LogP contribution in [0.15, 0.2) is 24.3 Å². The van der Waals surface area contributed by atoms with E-state index in [2.05, 4.69) is 5.32 Å². The minimum atomic E-state index is -0.356. The molecule has 120 valence electrons. The second kappa shape index (κ2) is 8.38. The molecule has 22 heavy (non-hydrogen) atoms. The molecule has 1 heterocycles. The van der Waals surface area contributed by atoms with Crippen molar-refractivity contribution in [2.45, 2.75) is 13.3 Å². The highest BCUT2D eigenvalue weighted by Crippen LogP contribution is 2.16. The molecule has 1 aliphatic heterocycles. The van der Waals surface area contributed by atoms with Gasteiger partial charge in [0.2, 0.25) is 5.91 Å². The lowest BCUT2D eigenvalue weighted by Crippen LogP contribution is -2.41. The number of carbonyl (C=O) groups excluding carboxylic acids is 2. The maximum atomic E-state index is 12.0. The summed E-state index contributed by atoms with van der Waals surface area (Å²) in [6.07, 6.45) is 0.386. The van der Waals surface area contributed by atoms with Gasteiger partial charge in [-0.25, -0.2) is 4.79 Å². The molecule has 6 heteroatoms. The number of anilines is 1. The largest absolute Gasteiger partial charge is 0.462 e. The second-order valence-corrected chi connectivity index (χ2v) is 4.94. The molecule has 0 atom stereocenters. The van der Waals surface area contributed by atoms with Gasteiger partial charge in [-0.1, -0.05) is 12.1 Å². The van der Waals surface area contributed by atoms with Crippen LogP contribution in [0.25, 0.3) is 0 Å². The third-order valence-corrected chi connectivity index (χ3v) is 3.44. The first-order chi connectivity index (χ1) is 10.7. The molecular formula is C16H22N2O4. The van der Waals surface area contributed by atoms with E-state index in [-0.39, 0.29) is 11.9 Å². The molecule has 0 unspecified atom stereocenters. The maximum absolute atomic E-state index is 12.0. The zero-order chi connectivity index (χ0) is 15.8. The summed E-state index contributed by atoms with van der Waals surface area (Å²) in [7, 11) is 0. The van der Waals surface area contributed by atoms with Gasteiger partial charge >= 0.3 is 5.97 Å². The Kier molecular flexibility index (Phi) is 6.21. The van der Waals surface area contributed by atoms with Gasteiger partial charge in [0.05, 0.1) is 25.4 Å². The third kappa shape index (κ3) is 4.46. The molecule has 1 fully saturated rings. The number of para-hydroxylation sites is 1. The van der Waals surface area contributed by atoms with Gasteiger partial charge in [0.15, 0.2) is 0 Å². The Morgan fingerprint density at radius 1 is 1.27 bits per heavy atom. The van der Waals surface area contributed by atoms with Crippen LogP contribution in [0.4, 0.5) is 5.69 Å². The van der Waals surface area contributed by atoms with Crippen molar-refractivity contribution in [2.75, 3.05) is 44.8 Å². The number of ether oxygens (including phenoxy) is 2. The van der Waals surface area contributed by atoms with Crippen molar-refractivity contribution < 1.29 is 19.1 Å². The SMILES string of the molecule is CCOC(=O)c1ccccc1NCCC(=O)N1CCOCC1. The molecule has 1 aromatic rings. The number of nitrogens with zero attached hydrogens (tertiary/aromatic N) is 1. The molecule has 1 amide bonds. The fourth-order valence-electron chi connectivity index (χ4n) is 2.30. The first-order valence-corrected chi connectivity index (χ1v) is 7.58. The normalized spacial score (nSPS) is 14.5. The van der Waals surface area contributed by atoms with Gasteiger partial charge in [0.25, 0.3) is 0 Å². The quantitative estimate of drug-likeness (QED) is 0.807. The van der Waals surface area contributed by atoms with Gasteiger partial charge in [0, 0.05) is 31.7 Å². The molecule has 0 saturated carbocycles. The van der Waals surface area contributed by atoms with Crippen LogP contribution in [0, 0.1) is 0 Å². The van der Waals surface area contributed by atoms with Gasteiger partial charge in [-0.2, -0.15) is 0 Å². The van der Waals surface area contributed by atoms with Crippen molar-refractivity contribution in [1.29, 1.82) is 0 Å². The lowest BCUT2D eigenvalue weighted by atomic mass is 10.1. The van der Waals surface area contributed by atoms with Crippen LogP contribution in [0.3, 0.4) is 0 Å². The number of rotatable bonds is 6. The summed E-state index contributed by atoms with van der Waals surface area (Å²) in [6, 6.07) is 7.15. The Morgan fingerprint density at radius 3 is 2.73 bits per heavy atom. The van der Waals surface area contributed by atoms with Crippen molar-refractivity contribution in [1.82, 2.24) is 4.90 Å². The standard InChI is InChI=1S/C16H22N2O4/c1-2-22-16(20)13-5-3-4-6-14(13)17-8-7-15(19)18-9-11-21-12-10-18/h3-6,17H,2,7-12H2,1H3. The molecule has 0 bridgehead atoms. The summed E-state index contributed by atoms with van der Waals surface area (Å²) in [6.45, 7) is 5.09. The number of carbonyl (C=O) groups is 2. The van der Waals surface area contributed by atoms with E-state index in [4.69, 9.17) is 9.47 Å².